The van der Waals surface area contributed by atoms with Gasteiger partial charge in [0.1, 0.15) is 11.5 Å². The number of rotatable bonds is 7. The van der Waals surface area contributed by atoms with Crippen LogP contribution in [-0.4, -0.2) is 30.8 Å². The number of nitrogens with zero attached hydrogens (tertiary/aromatic N) is 1. The zero-order chi connectivity index (χ0) is 19.2. The quantitative estimate of drug-likeness (QED) is 0.426. The van der Waals surface area contributed by atoms with Crippen LogP contribution in [0.15, 0.2) is 48.5 Å². The van der Waals surface area contributed by atoms with Gasteiger partial charge in [0.25, 0.3) is 0 Å². The third-order valence-corrected chi connectivity index (χ3v) is 4.31. The van der Waals surface area contributed by atoms with Crippen molar-refractivity contribution in [2.75, 3.05) is 18.1 Å². The lowest BCUT2D eigenvalue weighted by molar-refractivity contribution is -0.136. The van der Waals surface area contributed by atoms with Crippen molar-refractivity contribution in [1.29, 1.82) is 0 Å². The van der Waals surface area contributed by atoms with Crippen LogP contribution in [0.25, 0.3) is 0 Å². The molecule has 6 heteroatoms. The van der Waals surface area contributed by atoms with Gasteiger partial charge in [-0.3, -0.25) is 9.59 Å². The van der Waals surface area contributed by atoms with Gasteiger partial charge >= 0.3 is 5.97 Å². The first-order valence-electron chi connectivity index (χ1n) is 8.94. The van der Waals surface area contributed by atoms with E-state index in [1.165, 1.54) is 0 Å². The van der Waals surface area contributed by atoms with Gasteiger partial charge in [-0.25, -0.2) is 4.79 Å². The van der Waals surface area contributed by atoms with Crippen molar-refractivity contribution in [3.8, 4) is 11.5 Å². The van der Waals surface area contributed by atoms with Gasteiger partial charge in [-0.1, -0.05) is 6.92 Å². The van der Waals surface area contributed by atoms with Gasteiger partial charge in [-0.15, -0.1) is 0 Å². The Balaban J connectivity index is 1.50. The van der Waals surface area contributed by atoms with Crippen molar-refractivity contribution in [2.24, 2.45) is 0 Å². The van der Waals surface area contributed by atoms with Crippen molar-refractivity contribution < 1.29 is 23.9 Å². The normalized spacial score (nSPS) is 13.5. The molecule has 0 spiro atoms. The van der Waals surface area contributed by atoms with Crippen LogP contribution in [0.5, 0.6) is 11.5 Å². The van der Waals surface area contributed by atoms with Gasteiger partial charge < -0.3 is 14.4 Å². The highest BCUT2D eigenvalue weighted by Gasteiger charge is 2.21. The van der Waals surface area contributed by atoms with Gasteiger partial charge in [0.05, 0.1) is 0 Å². The monoisotopic (exact) mass is 367 g/mol. The number of hydrogen-bond acceptors (Lipinski definition) is 5. The second-order valence-electron chi connectivity index (χ2n) is 6.21. The van der Waals surface area contributed by atoms with Crippen molar-refractivity contribution in [3.63, 3.8) is 0 Å². The molecule has 1 aliphatic rings. The van der Waals surface area contributed by atoms with Crippen LogP contribution >= 0.6 is 0 Å². The summed E-state index contributed by atoms with van der Waals surface area (Å²) in [6, 6.07) is 13.5. The van der Waals surface area contributed by atoms with Crippen LogP contribution in [0.1, 0.15) is 36.5 Å². The maximum atomic E-state index is 11.9. The van der Waals surface area contributed by atoms with Crippen molar-refractivity contribution in [3.05, 3.63) is 54.1 Å². The molecule has 140 valence electrons. The third kappa shape index (κ3) is 4.73. The third-order valence-electron chi connectivity index (χ3n) is 4.31. The van der Waals surface area contributed by atoms with Gasteiger partial charge in [-0.2, -0.15) is 0 Å². The number of amides is 1. The molecule has 0 radical (unpaired) electrons. The minimum absolute atomic E-state index is 0.0556. The Labute approximate surface area is 157 Å². The number of esters is 1. The first-order chi connectivity index (χ1) is 13.1. The van der Waals surface area contributed by atoms with E-state index in [9.17, 15) is 14.4 Å². The van der Waals surface area contributed by atoms with Gasteiger partial charge in [0, 0.05) is 30.6 Å². The molecule has 0 aromatic heterocycles. The fourth-order valence-corrected chi connectivity index (χ4v) is 2.86. The summed E-state index contributed by atoms with van der Waals surface area (Å²) in [4.78, 5) is 37.0. The predicted molar refractivity (Wildman–Crippen MR) is 100 cm³/mol. The largest absolute Gasteiger partial charge is 0.482 e. The van der Waals surface area contributed by atoms with E-state index < -0.39 is 5.97 Å². The summed E-state index contributed by atoms with van der Waals surface area (Å²) in [7, 11) is 0. The highest BCUT2D eigenvalue weighted by atomic mass is 16.6. The Hall–Kier alpha value is -3.15. The molecule has 27 heavy (non-hydrogen) atoms. The molecule has 0 bridgehead atoms. The molecular weight excluding hydrogens is 346 g/mol. The summed E-state index contributed by atoms with van der Waals surface area (Å²) < 4.78 is 10.6. The van der Waals surface area contributed by atoms with E-state index in [4.69, 9.17) is 9.47 Å². The number of carbonyl (C=O) groups is 3. The molecule has 0 saturated carbocycles. The number of anilines is 1. The fraction of sp³-hybridized carbons (Fsp3) is 0.286. The van der Waals surface area contributed by atoms with E-state index in [0.717, 1.165) is 12.1 Å². The van der Waals surface area contributed by atoms with E-state index in [2.05, 4.69) is 0 Å². The molecule has 1 saturated heterocycles. The lowest BCUT2D eigenvalue weighted by atomic mass is 10.1. The van der Waals surface area contributed by atoms with E-state index in [-0.39, 0.29) is 18.3 Å². The molecule has 0 N–H and O–H groups in total. The highest BCUT2D eigenvalue weighted by Crippen LogP contribution is 2.24. The van der Waals surface area contributed by atoms with Gasteiger partial charge in [0.2, 0.25) is 5.91 Å². The van der Waals surface area contributed by atoms with Gasteiger partial charge in [-0.05, 0) is 55.0 Å². The highest BCUT2D eigenvalue weighted by molar-refractivity contribution is 5.96. The van der Waals surface area contributed by atoms with Crippen LogP contribution in [-0.2, 0) is 9.59 Å². The van der Waals surface area contributed by atoms with Crippen molar-refractivity contribution in [2.45, 2.75) is 26.2 Å². The Morgan fingerprint density at radius 1 is 1.00 bits per heavy atom. The van der Waals surface area contributed by atoms with Crippen molar-refractivity contribution in [1.82, 2.24) is 0 Å². The fourth-order valence-electron chi connectivity index (χ4n) is 2.86. The molecule has 3 rings (SSSR count). The lowest BCUT2D eigenvalue weighted by Crippen LogP contribution is -2.23. The van der Waals surface area contributed by atoms with Crippen LogP contribution in [0, 0.1) is 0 Å². The molecule has 2 aromatic rings. The van der Waals surface area contributed by atoms with Crippen LogP contribution in [0.3, 0.4) is 0 Å². The summed E-state index contributed by atoms with van der Waals surface area (Å²) in [6.45, 7) is 2.28. The minimum Gasteiger partial charge on any atom is -0.482 e. The zero-order valence-electron chi connectivity index (χ0n) is 15.1. The average molecular weight is 367 g/mol. The molecule has 0 atom stereocenters. The summed E-state index contributed by atoms with van der Waals surface area (Å²) in [5, 5.41) is 0. The molecule has 1 fully saturated rings. The first-order valence-corrected chi connectivity index (χ1v) is 8.94. The molecule has 2 aromatic carbocycles. The minimum atomic E-state index is -0.534. The maximum absolute atomic E-state index is 11.9. The molecule has 0 unspecified atom stereocenters. The number of Topliss-reactive ketones (excluding diaryl/α,β-unsaturated/α-hetero) is 1. The molecule has 1 aliphatic heterocycles. The molecule has 0 aliphatic carbocycles. The first kappa shape index (κ1) is 18.6. The summed E-state index contributed by atoms with van der Waals surface area (Å²) in [5.74, 6) is 0.513. The second kappa shape index (κ2) is 8.49. The van der Waals surface area contributed by atoms with E-state index in [0.29, 0.717) is 36.4 Å². The number of benzene rings is 2. The Bertz CT molecular complexity index is 827. The molecular formula is C21H21NO5. The second-order valence-corrected chi connectivity index (χ2v) is 6.21. The number of hydrogen-bond donors (Lipinski definition) is 0. The molecule has 6 nitrogen and oxygen atoms in total. The van der Waals surface area contributed by atoms with E-state index >= 15 is 0 Å². The standard InChI is InChI=1S/C21H21NO5/c1-2-19(23)15-5-9-17(10-6-15)26-14-21(25)27-18-11-7-16(8-12-18)22-13-3-4-20(22)24/h5-12H,2-4,13-14H2,1H3. The Kier molecular flexibility index (Phi) is 5.86. The number of ether oxygens (including phenoxy) is 2. The topological polar surface area (TPSA) is 72.9 Å². The summed E-state index contributed by atoms with van der Waals surface area (Å²) in [5.41, 5.74) is 1.42. The van der Waals surface area contributed by atoms with Crippen LogP contribution in [0.2, 0.25) is 0 Å². The maximum Gasteiger partial charge on any atom is 0.349 e. The van der Waals surface area contributed by atoms with Crippen LogP contribution < -0.4 is 14.4 Å². The SMILES string of the molecule is CCC(=O)c1ccc(OCC(=O)Oc2ccc(N3CCCC3=O)cc2)cc1. The Morgan fingerprint density at radius 3 is 2.26 bits per heavy atom. The predicted octanol–water partition coefficient (Wildman–Crippen LogP) is 3.39. The van der Waals surface area contributed by atoms with Gasteiger partial charge in [0.15, 0.2) is 12.4 Å². The van der Waals surface area contributed by atoms with Crippen LogP contribution in [0.4, 0.5) is 5.69 Å². The van der Waals surface area contributed by atoms with E-state index in [1.54, 1.807) is 60.4 Å². The smallest absolute Gasteiger partial charge is 0.349 e. The average Bonchev–Trinajstić information content (AvgIpc) is 3.12. The summed E-state index contributed by atoms with van der Waals surface area (Å²) >= 11 is 0. The van der Waals surface area contributed by atoms with E-state index in [1.807, 2.05) is 0 Å². The molecule has 1 amide bonds. The lowest BCUT2D eigenvalue weighted by Gasteiger charge is -2.15. The number of carbonyl (C=O) groups excluding carboxylic acids is 3. The molecule has 1 heterocycles. The summed E-state index contributed by atoms with van der Waals surface area (Å²) in [6.07, 6.45) is 1.87. The van der Waals surface area contributed by atoms with Crippen molar-refractivity contribution >= 4 is 23.3 Å². The Morgan fingerprint density at radius 2 is 1.67 bits per heavy atom. The zero-order valence-corrected chi connectivity index (χ0v) is 15.1. The number of ketones is 1.